The van der Waals surface area contributed by atoms with E-state index in [0.29, 0.717) is 5.75 Å². The molecule has 3 N–H and O–H groups in total. The van der Waals surface area contributed by atoms with E-state index in [0.717, 1.165) is 24.2 Å². The van der Waals surface area contributed by atoms with Crippen molar-refractivity contribution in [1.82, 2.24) is 5.32 Å². The molecule has 1 atom stereocenters. The van der Waals surface area contributed by atoms with Crippen LogP contribution in [0.2, 0.25) is 0 Å². The molecule has 2 aromatic rings. The number of nitrogens with two attached hydrogens (primary N) is 1. The first-order chi connectivity index (χ1) is 11.2. The lowest BCUT2D eigenvalue weighted by molar-refractivity contribution is 0.936. The molecule has 2 nitrogen and oxygen atoms in total. The highest BCUT2D eigenvalue weighted by Gasteiger charge is 2.09. The quantitative estimate of drug-likeness (QED) is 0.492. The Morgan fingerprint density at radius 2 is 2.26 bits per heavy atom. The van der Waals surface area contributed by atoms with Crippen LogP contribution in [0.4, 0.5) is 0 Å². The minimum atomic E-state index is 0.0135. The van der Waals surface area contributed by atoms with E-state index in [1.54, 1.807) is 11.3 Å². The van der Waals surface area contributed by atoms with Crippen LogP contribution in [0.3, 0.4) is 0 Å². The minimum absolute atomic E-state index is 0.0135. The predicted molar refractivity (Wildman–Crippen MR) is 107 cm³/mol. The van der Waals surface area contributed by atoms with Gasteiger partial charge in [0.15, 0.2) is 0 Å². The van der Waals surface area contributed by atoms with Gasteiger partial charge in [0, 0.05) is 29.6 Å². The number of benzene rings is 1. The third-order valence-corrected chi connectivity index (χ3v) is 4.68. The van der Waals surface area contributed by atoms with E-state index in [-0.39, 0.29) is 6.04 Å². The first-order valence-corrected chi connectivity index (χ1v) is 9.35. The van der Waals surface area contributed by atoms with E-state index in [9.17, 15) is 0 Å². The van der Waals surface area contributed by atoms with E-state index >= 15 is 0 Å². The van der Waals surface area contributed by atoms with Crippen LogP contribution in [0.25, 0.3) is 16.8 Å². The number of allylic oxidation sites excluding steroid dienone is 1. The molecule has 122 valence electrons. The van der Waals surface area contributed by atoms with Crippen LogP contribution < -0.4 is 11.1 Å². The maximum atomic E-state index is 5.86. The summed E-state index contributed by atoms with van der Waals surface area (Å²) in [6.07, 6.45) is 4.98. The summed E-state index contributed by atoms with van der Waals surface area (Å²) in [6.45, 7) is 7.14. The zero-order chi connectivity index (χ0) is 16.7. The summed E-state index contributed by atoms with van der Waals surface area (Å²) in [5, 5.41) is 7.61. The molecule has 0 radical (unpaired) electrons. The van der Waals surface area contributed by atoms with Crippen molar-refractivity contribution in [3.05, 3.63) is 64.9 Å². The maximum absolute atomic E-state index is 5.86. The van der Waals surface area contributed by atoms with Crippen molar-refractivity contribution in [2.75, 3.05) is 12.3 Å². The highest BCUT2D eigenvalue weighted by molar-refractivity contribution is 7.80. The Kier molecular flexibility index (Phi) is 6.96. The van der Waals surface area contributed by atoms with E-state index in [1.807, 2.05) is 6.08 Å². The van der Waals surface area contributed by atoms with Crippen molar-refractivity contribution in [3.63, 3.8) is 0 Å². The lowest BCUT2D eigenvalue weighted by Gasteiger charge is -2.14. The van der Waals surface area contributed by atoms with Crippen molar-refractivity contribution in [2.24, 2.45) is 5.73 Å². The first-order valence-electron chi connectivity index (χ1n) is 7.77. The Bertz CT molecular complexity index is 660. The lowest BCUT2D eigenvalue weighted by atomic mass is 9.96. The van der Waals surface area contributed by atoms with Gasteiger partial charge in [-0.1, -0.05) is 30.9 Å². The highest BCUT2D eigenvalue weighted by atomic mass is 32.1. The summed E-state index contributed by atoms with van der Waals surface area (Å²) >= 11 is 5.90. The van der Waals surface area contributed by atoms with Gasteiger partial charge in [-0.25, -0.2) is 0 Å². The summed E-state index contributed by atoms with van der Waals surface area (Å²) in [7, 11) is 0. The number of nitrogens with one attached hydrogen (secondary N) is 1. The summed E-state index contributed by atoms with van der Waals surface area (Å²) in [6, 6.07) is 8.73. The Morgan fingerprint density at radius 1 is 1.43 bits per heavy atom. The molecule has 2 rings (SSSR count). The second kappa shape index (κ2) is 8.96. The smallest absolute Gasteiger partial charge is 0.0347 e. The zero-order valence-corrected chi connectivity index (χ0v) is 15.2. The van der Waals surface area contributed by atoms with Gasteiger partial charge >= 0.3 is 0 Å². The molecule has 0 aliphatic heterocycles. The minimum Gasteiger partial charge on any atom is -0.385 e. The van der Waals surface area contributed by atoms with Crippen LogP contribution in [-0.2, 0) is 6.42 Å². The normalized spacial score (nSPS) is 12.5. The summed E-state index contributed by atoms with van der Waals surface area (Å²) < 4.78 is 0. The Balaban J connectivity index is 2.28. The van der Waals surface area contributed by atoms with E-state index in [2.05, 4.69) is 72.5 Å². The molecule has 0 saturated carbocycles. The monoisotopic (exact) mass is 344 g/mol. The first kappa shape index (κ1) is 17.9. The molecular weight excluding hydrogens is 320 g/mol. The van der Waals surface area contributed by atoms with Gasteiger partial charge in [0.1, 0.15) is 0 Å². The highest BCUT2D eigenvalue weighted by Crippen LogP contribution is 2.30. The lowest BCUT2D eigenvalue weighted by Crippen LogP contribution is -2.18. The van der Waals surface area contributed by atoms with Crippen molar-refractivity contribution < 1.29 is 0 Å². The summed E-state index contributed by atoms with van der Waals surface area (Å²) in [4.78, 5) is 0. The standard InChI is InChI=1S/C19H24N2S2/c1-3-21-14(2)19-11-15(5-4-6-17(20)12-22)7-8-18(19)16-9-10-23-13-16/h4,6-11,13,17,21-22H,2-3,5,12,20H2,1H3/b6-4+. The second-order valence-electron chi connectivity index (χ2n) is 5.38. The van der Waals surface area contributed by atoms with Gasteiger partial charge < -0.3 is 11.1 Å². The van der Waals surface area contributed by atoms with Crippen molar-refractivity contribution in [1.29, 1.82) is 0 Å². The molecule has 1 aromatic carbocycles. The zero-order valence-electron chi connectivity index (χ0n) is 13.5. The Hall–Kier alpha value is -1.49. The van der Waals surface area contributed by atoms with Crippen LogP contribution in [0, 0.1) is 0 Å². The van der Waals surface area contributed by atoms with Crippen LogP contribution in [0.5, 0.6) is 0 Å². The van der Waals surface area contributed by atoms with Crippen LogP contribution in [-0.4, -0.2) is 18.3 Å². The van der Waals surface area contributed by atoms with Gasteiger partial charge in [-0.3, -0.25) is 0 Å². The molecule has 0 fully saturated rings. The summed E-state index contributed by atoms with van der Waals surface area (Å²) in [5.41, 5.74) is 11.7. The van der Waals surface area contributed by atoms with Gasteiger partial charge in [-0.05, 0) is 52.9 Å². The fraction of sp³-hybridized carbons (Fsp3) is 0.263. The molecule has 0 aliphatic carbocycles. The van der Waals surface area contributed by atoms with Gasteiger partial charge in [-0.15, -0.1) is 0 Å². The van der Waals surface area contributed by atoms with E-state index < -0.39 is 0 Å². The SMILES string of the molecule is C=C(NCC)c1cc(C/C=C/C(N)CS)ccc1-c1ccsc1. The van der Waals surface area contributed by atoms with Gasteiger partial charge in [0.25, 0.3) is 0 Å². The molecule has 0 aliphatic rings. The number of rotatable bonds is 8. The largest absolute Gasteiger partial charge is 0.385 e. The third-order valence-electron chi connectivity index (χ3n) is 3.58. The molecule has 1 heterocycles. The maximum Gasteiger partial charge on any atom is 0.0347 e. The average molecular weight is 345 g/mol. The fourth-order valence-electron chi connectivity index (χ4n) is 2.39. The molecular formula is C19H24N2S2. The van der Waals surface area contributed by atoms with Gasteiger partial charge in [0.2, 0.25) is 0 Å². The molecule has 0 saturated heterocycles. The Labute approximate surface area is 148 Å². The van der Waals surface area contributed by atoms with Gasteiger partial charge in [-0.2, -0.15) is 24.0 Å². The molecule has 0 bridgehead atoms. The van der Waals surface area contributed by atoms with E-state index in [1.165, 1.54) is 16.7 Å². The topological polar surface area (TPSA) is 38.0 Å². The second-order valence-corrected chi connectivity index (χ2v) is 6.52. The molecule has 0 spiro atoms. The molecule has 1 aromatic heterocycles. The van der Waals surface area contributed by atoms with E-state index in [4.69, 9.17) is 5.73 Å². The molecule has 0 amide bonds. The Morgan fingerprint density at radius 3 is 2.91 bits per heavy atom. The number of thiophene rings is 1. The number of thiol groups is 1. The van der Waals surface area contributed by atoms with Crippen LogP contribution in [0.1, 0.15) is 18.1 Å². The van der Waals surface area contributed by atoms with Crippen LogP contribution >= 0.6 is 24.0 Å². The van der Waals surface area contributed by atoms with Crippen molar-refractivity contribution in [2.45, 2.75) is 19.4 Å². The van der Waals surface area contributed by atoms with Gasteiger partial charge in [0.05, 0.1) is 0 Å². The van der Waals surface area contributed by atoms with Crippen molar-refractivity contribution >= 4 is 29.7 Å². The van der Waals surface area contributed by atoms with Crippen molar-refractivity contribution in [3.8, 4) is 11.1 Å². The predicted octanol–water partition coefficient (Wildman–Crippen LogP) is 4.35. The average Bonchev–Trinajstić information content (AvgIpc) is 3.09. The molecule has 23 heavy (non-hydrogen) atoms. The summed E-state index contributed by atoms with van der Waals surface area (Å²) in [5.74, 6) is 0.663. The number of hydrogen-bond donors (Lipinski definition) is 3. The molecule has 4 heteroatoms. The van der Waals surface area contributed by atoms with Crippen LogP contribution in [0.15, 0.2) is 53.8 Å². The third kappa shape index (κ3) is 4.99. The number of hydrogen-bond acceptors (Lipinski definition) is 4. The fourth-order valence-corrected chi connectivity index (χ4v) is 3.16. The molecule has 1 unspecified atom stereocenters.